The van der Waals surface area contributed by atoms with Crippen LogP contribution in [0, 0.1) is 11.6 Å². The van der Waals surface area contributed by atoms with Gasteiger partial charge in [0, 0.05) is 23.6 Å². The van der Waals surface area contributed by atoms with Gasteiger partial charge in [-0.25, -0.2) is 13.8 Å². The van der Waals surface area contributed by atoms with Gasteiger partial charge in [0.25, 0.3) is 0 Å². The van der Waals surface area contributed by atoms with Crippen LogP contribution in [-0.4, -0.2) is 9.97 Å². The molecule has 0 unspecified atom stereocenters. The van der Waals surface area contributed by atoms with Crippen LogP contribution in [0.5, 0.6) is 0 Å². The molecule has 0 atom stereocenters. The van der Waals surface area contributed by atoms with Crippen LogP contribution in [0.3, 0.4) is 0 Å². The van der Waals surface area contributed by atoms with Gasteiger partial charge in [-0.2, -0.15) is 0 Å². The van der Waals surface area contributed by atoms with E-state index in [0.717, 1.165) is 23.3 Å². The highest BCUT2D eigenvalue weighted by molar-refractivity contribution is 6.17. The fourth-order valence-corrected chi connectivity index (χ4v) is 2.11. The van der Waals surface area contributed by atoms with Gasteiger partial charge < -0.3 is 4.98 Å². The van der Waals surface area contributed by atoms with E-state index in [0.29, 0.717) is 22.7 Å². The maximum absolute atomic E-state index is 13.1. The second-order valence-electron chi connectivity index (χ2n) is 4.20. The lowest BCUT2D eigenvalue weighted by molar-refractivity contribution is 0.510. The highest BCUT2D eigenvalue weighted by Gasteiger charge is 2.10. The zero-order chi connectivity index (χ0) is 13.4. The van der Waals surface area contributed by atoms with Crippen molar-refractivity contribution < 1.29 is 8.78 Å². The number of fused-ring (bicyclic) bond motifs is 1. The average Bonchev–Trinajstić information content (AvgIpc) is 2.82. The zero-order valence-electron chi connectivity index (χ0n) is 9.75. The number of imidazole rings is 1. The van der Waals surface area contributed by atoms with Gasteiger partial charge in [-0.1, -0.05) is 18.2 Å². The number of rotatable bonds is 2. The van der Waals surface area contributed by atoms with E-state index in [1.807, 2.05) is 24.3 Å². The number of hydrogen-bond donors (Lipinski definition) is 1. The second kappa shape index (κ2) is 4.63. The molecule has 0 aliphatic rings. The van der Waals surface area contributed by atoms with E-state index in [2.05, 4.69) is 9.97 Å². The molecular weight excluding hydrogens is 270 g/mol. The lowest BCUT2D eigenvalue weighted by atomic mass is 10.1. The van der Waals surface area contributed by atoms with Crippen molar-refractivity contribution in [1.29, 1.82) is 0 Å². The lowest BCUT2D eigenvalue weighted by Gasteiger charge is -1.99. The minimum absolute atomic E-state index is 0.394. The molecule has 0 saturated heterocycles. The summed E-state index contributed by atoms with van der Waals surface area (Å²) in [5.41, 5.74) is 2.64. The first-order valence-corrected chi connectivity index (χ1v) is 6.21. The number of hydrogen-bond acceptors (Lipinski definition) is 1. The Balaban J connectivity index is 2.14. The summed E-state index contributed by atoms with van der Waals surface area (Å²) in [6, 6.07) is 9.69. The number of H-pyrrole nitrogens is 1. The van der Waals surface area contributed by atoms with Crippen LogP contribution in [0.2, 0.25) is 0 Å². The van der Waals surface area contributed by atoms with Crippen molar-refractivity contribution in [2.24, 2.45) is 0 Å². The van der Waals surface area contributed by atoms with Crippen molar-refractivity contribution in [3.8, 4) is 11.4 Å². The first-order valence-electron chi connectivity index (χ1n) is 5.67. The Morgan fingerprint density at radius 1 is 1.11 bits per heavy atom. The Kier molecular flexibility index (Phi) is 2.95. The lowest BCUT2D eigenvalue weighted by Crippen LogP contribution is -1.83. The van der Waals surface area contributed by atoms with Gasteiger partial charge in [-0.05, 0) is 11.6 Å². The molecule has 19 heavy (non-hydrogen) atoms. The first kappa shape index (κ1) is 12.1. The molecule has 0 radical (unpaired) electrons. The van der Waals surface area contributed by atoms with E-state index in [-0.39, 0.29) is 0 Å². The summed E-state index contributed by atoms with van der Waals surface area (Å²) in [6.45, 7) is 0. The number of aromatic nitrogens is 2. The van der Waals surface area contributed by atoms with Crippen molar-refractivity contribution in [3.63, 3.8) is 0 Å². The van der Waals surface area contributed by atoms with Crippen LogP contribution in [0.15, 0.2) is 36.4 Å². The number of aromatic amines is 1. The highest BCUT2D eigenvalue weighted by Crippen LogP contribution is 2.23. The molecule has 0 bridgehead atoms. The van der Waals surface area contributed by atoms with Crippen LogP contribution in [0.25, 0.3) is 22.4 Å². The summed E-state index contributed by atoms with van der Waals surface area (Å²) in [7, 11) is 0. The van der Waals surface area contributed by atoms with Crippen LogP contribution in [0.1, 0.15) is 5.56 Å². The molecule has 1 heterocycles. The molecule has 0 aliphatic carbocycles. The minimum atomic E-state index is -0.903. The molecule has 3 rings (SSSR count). The standard InChI is InChI=1S/C14H9ClF2N2/c15-7-8-2-1-3-9(4-8)14-18-12-5-10(16)11(17)6-13(12)19-14/h1-6H,7H2,(H,18,19). The summed E-state index contributed by atoms with van der Waals surface area (Å²) in [5.74, 6) is -0.832. The Morgan fingerprint density at radius 3 is 2.68 bits per heavy atom. The fourth-order valence-electron chi connectivity index (χ4n) is 1.94. The molecule has 3 aromatic rings. The molecular formula is C14H9ClF2N2. The first-order chi connectivity index (χ1) is 9.17. The second-order valence-corrected chi connectivity index (χ2v) is 4.47. The Hall–Kier alpha value is -1.94. The van der Waals surface area contributed by atoms with Gasteiger partial charge >= 0.3 is 0 Å². The van der Waals surface area contributed by atoms with Gasteiger partial charge in [0.1, 0.15) is 5.82 Å². The zero-order valence-corrected chi connectivity index (χ0v) is 10.5. The Morgan fingerprint density at radius 2 is 1.89 bits per heavy atom. The monoisotopic (exact) mass is 278 g/mol. The molecule has 0 aliphatic heterocycles. The molecule has 2 nitrogen and oxygen atoms in total. The number of nitrogens with zero attached hydrogens (tertiary/aromatic N) is 1. The van der Waals surface area contributed by atoms with E-state index in [9.17, 15) is 8.78 Å². The molecule has 1 N–H and O–H groups in total. The third-order valence-corrected chi connectivity index (χ3v) is 3.19. The molecule has 2 aromatic carbocycles. The van der Waals surface area contributed by atoms with E-state index in [1.54, 1.807) is 0 Å². The Bertz CT molecular complexity index is 713. The van der Waals surface area contributed by atoms with E-state index >= 15 is 0 Å². The van der Waals surface area contributed by atoms with Crippen molar-refractivity contribution in [1.82, 2.24) is 9.97 Å². The summed E-state index contributed by atoms with van der Waals surface area (Å²) < 4.78 is 26.3. The number of halogens is 3. The normalized spacial score (nSPS) is 11.1. The van der Waals surface area contributed by atoms with Crippen LogP contribution in [0.4, 0.5) is 8.78 Å². The quantitative estimate of drug-likeness (QED) is 0.698. The van der Waals surface area contributed by atoms with Crippen LogP contribution >= 0.6 is 11.6 Å². The SMILES string of the molecule is Fc1cc2nc(-c3cccc(CCl)c3)[nH]c2cc1F. The van der Waals surface area contributed by atoms with E-state index in [1.165, 1.54) is 0 Å². The molecule has 1 aromatic heterocycles. The summed E-state index contributed by atoms with van der Waals surface area (Å²) >= 11 is 5.78. The summed E-state index contributed by atoms with van der Waals surface area (Å²) in [4.78, 5) is 7.23. The van der Waals surface area contributed by atoms with Crippen molar-refractivity contribution in [3.05, 3.63) is 53.6 Å². The molecule has 0 fully saturated rings. The number of alkyl halides is 1. The van der Waals surface area contributed by atoms with Crippen molar-refractivity contribution >= 4 is 22.6 Å². The van der Waals surface area contributed by atoms with E-state index < -0.39 is 11.6 Å². The summed E-state index contributed by atoms with van der Waals surface area (Å²) in [5, 5.41) is 0. The summed E-state index contributed by atoms with van der Waals surface area (Å²) in [6.07, 6.45) is 0. The molecule has 0 amide bonds. The van der Waals surface area contributed by atoms with Gasteiger partial charge in [-0.15, -0.1) is 11.6 Å². The fraction of sp³-hybridized carbons (Fsp3) is 0.0714. The third-order valence-electron chi connectivity index (χ3n) is 2.88. The third kappa shape index (κ3) is 2.19. The largest absolute Gasteiger partial charge is 0.338 e. The predicted octanol–water partition coefficient (Wildman–Crippen LogP) is 4.25. The van der Waals surface area contributed by atoms with Gasteiger partial charge in [-0.3, -0.25) is 0 Å². The number of nitrogens with one attached hydrogen (secondary N) is 1. The van der Waals surface area contributed by atoms with Crippen molar-refractivity contribution in [2.45, 2.75) is 5.88 Å². The molecule has 0 spiro atoms. The molecule has 5 heteroatoms. The van der Waals surface area contributed by atoms with Gasteiger partial charge in [0.05, 0.1) is 11.0 Å². The predicted molar refractivity (Wildman–Crippen MR) is 71.0 cm³/mol. The Labute approximate surface area is 113 Å². The molecule has 96 valence electrons. The van der Waals surface area contributed by atoms with Crippen LogP contribution < -0.4 is 0 Å². The maximum Gasteiger partial charge on any atom is 0.161 e. The van der Waals surface area contributed by atoms with Crippen LogP contribution in [-0.2, 0) is 5.88 Å². The van der Waals surface area contributed by atoms with Gasteiger partial charge in [0.15, 0.2) is 11.6 Å². The average molecular weight is 279 g/mol. The van der Waals surface area contributed by atoms with Crippen molar-refractivity contribution in [2.75, 3.05) is 0 Å². The molecule has 0 saturated carbocycles. The highest BCUT2D eigenvalue weighted by atomic mass is 35.5. The number of benzene rings is 2. The smallest absolute Gasteiger partial charge is 0.161 e. The topological polar surface area (TPSA) is 28.7 Å². The van der Waals surface area contributed by atoms with Gasteiger partial charge in [0.2, 0.25) is 0 Å². The maximum atomic E-state index is 13.1. The minimum Gasteiger partial charge on any atom is -0.338 e. The van der Waals surface area contributed by atoms with E-state index in [4.69, 9.17) is 11.6 Å².